The van der Waals surface area contributed by atoms with E-state index in [0.29, 0.717) is 24.2 Å². The third-order valence-electron chi connectivity index (χ3n) is 5.76. The maximum atomic E-state index is 14.6. The highest BCUT2D eigenvalue weighted by Gasteiger charge is 2.63. The van der Waals surface area contributed by atoms with Crippen LogP contribution in [-0.4, -0.2) is 32.6 Å². The fraction of sp³-hybridized carbons (Fsp3) is 0.381. The number of ether oxygens (including phenoxy) is 1. The molecule has 31 heavy (non-hydrogen) atoms. The lowest BCUT2D eigenvalue weighted by molar-refractivity contribution is -0.391. The Morgan fingerprint density at radius 1 is 1.23 bits per heavy atom. The number of aliphatic hydroxyl groups excluding tert-OH is 1. The average molecular weight is 435 g/mol. The molecule has 0 bridgehead atoms. The van der Waals surface area contributed by atoms with Crippen molar-refractivity contribution in [2.75, 3.05) is 6.61 Å². The molecule has 1 saturated heterocycles. The molecule has 1 aromatic heterocycles. The average Bonchev–Trinajstić information content (AvgIpc) is 3.21. The molecule has 1 aromatic carbocycles. The van der Waals surface area contributed by atoms with Gasteiger partial charge in [0.1, 0.15) is 5.76 Å². The highest BCUT2D eigenvalue weighted by atomic mass is 19.4. The molecule has 2 aliphatic rings. The van der Waals surface area contributed by atoms with Gasteiger partial charge in [-0.15, -0.1) is 0 Å². The van der Waals surface area contributed by atoms with Gasteiger partial charge in [0.25, 0.3) is 0 Å². The predicted octanol–water partition coefficient (Wildman–Crippen LogP) is 5.22. The molecule has 0 amide bonds. The van der Waals surface area contributed by atoms with Crippen LogP contribution in [0.1, 0.15) is 43.0 Å². The van der Waals surface area contributed by atoms with Gasteiger partial charge in [0.05, 0.1) is 16.9 Å². The van der Waals surface area contributed by atoms with Crippen LogP contribution in [0, 0.1) is 10.1 Å². The molecule has 4 rings (SSSR count). The van der Waals surface area contributed by atoms with Crippen molar-refractivity contribution in [1.82, 2.24) is 9.78 Å². The topological polar surface area (TPSA) is 90.4 Å². The van der Waals surface area contributed by atoms with Gasteiger partial charge < -0.3 is 20.0 Å². The summed E-state index contributed by atoms with van der Waals surface area (Å²) in [4.78, 5) is 10.7. The van der Waals surface area contributed by atoms with Crippen molar-refractivity contribution in [3.63, 3.8) is 0 Å². The molecule has 1 aliphatic carbocycles. The zero-order valence-electron chi connectivity index (χ0n) is 16.4. The molecule has 1 fully saturated rings. The Morgan fingerprint density at radius 3 is 2.58 bits per heavy atom. The van der Waals surface area contributed by atoms with Crippen LogP contribution in [0.25, 0.3) is 5.57 Å². The SMILES string of the molecule is O=[N+]([O-])c1nn(C2CCCCO2)cc1C1(C(F)(F)F)CC(c2ccccc2)=CC=C1O. The van der Waals surface area contributed by atoms with Crippen molar-refractivity contribution >= 4 is 11.4 Å². The molecule has 2 heterocycles. The van der Waals surface area contributed by atoms with Crippen molar-refractivity contribution in [2.24, 2.45) is 0 Å². The van der Waals surface area contributed by atoms with Gasteiger partial charge in [-0.1, -0.05) is 36.4 Å². The van der Waals surface area contributed by atoms with Crippen LogP contribution in [0.2, 0.25) is 0 Å². The highest BCUT2D eigenvalue weighted by Crippen LogP contribution is 2.55. The van der Waals surface area contributed by atoms with E-state index in [2.05, 4.69) is 5.10 Å². The van der Waals surface area contributed by atoms with Gasteiger partial charge in [-0.25, -0.2) is 0 Å². The summed E-state index contributed by atoms with van der Waals surface area (Å²) in [5, 5.41) is 26.0. The number of nitro groups is 1. The maximum Gasteiger partial charge on any atom is 0.406 e. The molecular formula is C21H20F3N3O4. The van der Waals surface area contributed by atoms with Crippen LogP contribution in [0.5, 0.6) is 0 Å². The smallest absolute Gasteiger partial charge is 0.406 e. The van der Waals surface area contributed by atoms with E-state index < -0.39 is 46.3 Å². The molecule has 0 saturated carbocycles. The molecule has 7 nitrogen and oxygen atoms in total. The summed E-state index contributed by atoms with van der Waals surface area (Å²) in [7, 11) is 0. The number of nitrogens with zero attached hydrogens (tertiary/aromatic N) is 3. The van der Waals surface area contributed by atoms with Crippen molar-refractivity contribution in [2.45, 2.75) is 43.5 Å². The van der Waals surface area contributed by atoms with Crippen LogP contribution in [0.15, 0.2) is 54.4 Å². The van der Waals surface area contributed by atoms with E-state index in [1.807, 2.05) is 0 Å². The third-order valence-corrected chi connectivity index (χ3v) is 5.76. The van der Waals surface area contributed by atoms with Gasteiger partial charge in [-0.2, -0.15) is 17.9 Å². The van der Waals surface area contributed by atoms with Gasteiger partial charge in [0.2, 0.25) is 0 Å². The summed E-state index contributed by atoms with van der Waals surface area (Å²) >= 11 is 0. The minimum Gasteiger partial charge on any atom is -0.511 e. The summed E-state index contributed by atoms with van der Waals surface area (Å²) < 4.78 is 50.4. The van der Waals surface area contributed by atoms with Crippen LogP contribution in [0.4, 0.5) is 19.0 Å². The van der Waals surface area contributed by atoms with E-state index >= 15 is 0 Å². The maximum absolute atomic E-state index is 14.6. The first-order valence-electron chi connectivity index (χ1n) is 9.82. The molecule has 2 unspecified atom stereocenters. The first-order chi connectivity index (χ1) is 14.7. The molecule has 0 radical (unpaired) electrons. The Labute approximate surface area is 175 Å². The number of alkyl halides is 3. The fourth-order valence-electron chi connectivity index (χ4n) is 4.14. The van der Waals surface area contributed by atoms with E-state index in [-0.39, 0.29) is 0 Å². The predicted molar refractivity (Wildman–Crippen MR) is 105 cm³/mol. The number of aliphatic hydroxyl groups is 1. The van der Waals surface area contributed by atoms with Crippen LogP contribution >= 0.6 is 0 Å². The first-order valence-corrected chi connectivity index (χ1v) is 9.82. The summed E-state index contributed by atoms with van der Waals surface area (Å²) in [6.45, 7) is 0.393. The monoisotopic (exact) mass is 435 g/mol. The second-order valence-electron chi connectivity index (χ2n) is 7.61. The van der Waals surface area contributed by atoms with Crippen LogP contribution in [0.3, 0.4) is 0 Å². The molecule has 0 spiro atoms. The summed E-state index contributed by atoms with van der Waals surface area (Å²) in [5.41, 5.74) is -2.87. The Kier molecular flexibility index (Phi) is 5.34. The van der Waals surface area contributed by atoms with Crippen molar-refractivity contribution in [3.8, 4) is 0 Å². The minimum atomic E-state index is -5.02. The number of allylic oxidation sites excluding steroid dienone is 4. The number of hydrogen-bond acceptors (Lipinski definition) is 5. The van der Waals surface area contributed by atoms with Gasteiger partial charge >= 0.3 is 12.0 Å². The number of hydrogen-bond donors (Lipinski definition) is 1. The number of rotatable bonds is 4. The summed E-state index contributed by atoms with van der Waals surface area (Å²) in [5.74, 6) is -1.95. The van der Waals surface area contributed by atoms with Crippen LogP contribution < -0.4 is 0 Å². The molecule has 2 atom stereocenters. The van der Waals surface area contributed by atoms with Crippen LogP contribution in [-0.2, 0) is 10.2 Å². The second-order valence-corrected chi connectivity index (χ2v) is 7.61. The lowest BCUT2D eigenvalue weighted by Crippen LogP contribution is -2.45. The first kappa shape index (κ1) is 21.1. The molecular weight excluding hydrogens is 415 g/mol. The largest absolute Gasteiger partial charge is 0.511 e. The lowest BCUT2D eigenvalue weighted by Gasteiger charge is -2.36. The minimum absolute atomic E-state index is 0.298. The standard InChI is InChI=1S/C21H20F3N3O4/c22-21(23,24)20(12-15(9-10-17(20)28)14-6-2-1-3-7-14)16-13-26(25-19(16)27(29)30)18-8-4-5-11-31-18/h1-3,6-7,9-10,13,18,28H,4-5,8,11-12H2. The van der Waals surface area contributed by atoms with E-state index in [9.17, 15) is 28.4 Å². The quantitative estimate of drug-likeness (QED) is 0.525. The highest BCUT2D eigenvalue weighted by molar-refractivity contribution is 5.72. The van der Waals surface area contributed by atoms with Crippen molar-refractivity contribution in [3.05, 3.63) is 75.7 Å². The zero-order valence-corrected chi connectivity index (χ0v) is 16.4. The van der Waals surface area contributed by atoms with E-state index in [0.717, 1.165) is 29.8 Å². The molecule has 164 valence electrons. The zero-order chi connectivity index (χ0) is 22.2. The fourth-order valence-corrected chi connectivity index (χ4v) is 4.14. The van der Waals surface area contributed by atoms with Gasteiger partial charge in [-0.05, 0) is 47.8 Å². The Balaban J connectivity index is 1.87. The Hall–Kier alpha value is -3.14. The molecule has 10 heteroatoms. The van der Waals surface area contributed by atoms with E-state index in [4.69, 9.17) is 4.74 Å². The van der Waals surface area contributed by atoms with E-state index in [1.165, 1.54) is 6.08 Å². The molecule has 2 aromatic rings. The molecule has 1 N–H and O–H groups in total. The number of benzene rings is 1. The Bertz CT molecular complexity index is 1040. The van der Waals surface area contributed by atoms with Gasteiger partial charge in [-0.3, -0.25) is 0 Å². The number of halogens is 3. The van der Waals surface area contributed by atoms with Gasteiger partial charge in [0, 0.05) is 6.61 Å². The lowest BCUT2D eigenvalue weighted by atomic mass is 9.70. The van der Waals surface area contributed by atoms with Gasteiger partial charge in [0.15, 0.2) is 11.6 Å². The Morgan fingerprint density at radius 2 is 1.97 bits per heavy atom. The summed E-state index contributed by atoms with van der Waals surface area (Å²) in [6, 6.07) is 8.40. The second kappa shape index (κ2) is 7.84. The number of aromatic nitrogens is 2. The van der Waals surface area contributed by atoms with Crippen molar-refractivity contribution < 1.29 is 27.9 Å². The molecule has 1 aliphatic heterocycles. The van der Waals surface area contributed by atoms with E-state index in [1.54, 1.807) is 30.3 Å². The normalized spacial score (nSPS) is 24.4. The third kappa shape index (κ3) is 3.60. The summed E-state index contributed by atoms with van der Waals surface area (Å²) in [6.07, 6.45) is -1.00. The van der Waals surface area contributed by atoms with Crippen molar-refractivity contribution in [1.29, 1.82) is 0 Å².